The fourth-order valence-electron chi connectivity index (χ4n) is 5.61. The molecule has 0 amide bonds. The predicted octanol–water partition coefficient (Wildman–Crippen LogP) is 3.85. The van der Waals surface area contributed by atoms with Crippen molar-refractivity contribution in [1.29, 1.82) is 0 Å². The van der Waals surface area contributed by atoms with Gasteiger partial charge in [0.05, 0.1) is 0 Å². The summed E-state index contributed by atoms with van der Waals surface area (Å²) >= 11 is 0. The van der Waals surface area contributed by atoms with Crippen LogP contribution in [0, 0.1) is 17.3 Å². The summed E-state index contributed by atoms with van der Waals surface area (Å²) < 4.78 is 27.8. The molecule has 136 valence electrons. The van der Waals surface area contributed by atoms with Crippen molar-refractivity contribution < 1.29 is 12.6 Å². The van der Waals surface area contributed by atoms with Gasteiger partial charge in [0.25, 0.3) is 0 Å². The summed E-state index contributed by atoms with van der Waals surface area (Å²) in [4.78, 5) is 0. The molecule has 1 aromatic carbocycles. The van der Waals surface area contributed by atoms with Crippen LogP contribution in [0.3, 0.4) is 0 Å². The lowest BCUT2D eigenvalue weighted by atomic mass is 9.55. The van der Waals surface area contributed by atoms with E-state index in [0.717, 1.165) is 30.2 Å². The molecule has 3 aliphatic carbocycles. The number of nitrogens with two attached hydrogens (primary N) is 1. The number of allylic oxidation sites excluding steroid dienone is 2. The Bertz CT molecular complexity index is 830. The molecule has 25 heavy (non-hydrogen) atoms. The fourth-order valence-corrected chi connectivity index (χ4v) is 6.01. The molecule has 5 heteroatoms. The van der Waals surface area contributed by atoms with Crippen molar-refractivity contribution in [3.63, 3.8) is 0 Å². The van der Waals surface area contributed by atoms with Crippen molar-refractivity contribution in [1.82, 2.24) is 0 Å². The lowest BCUT2D eigenvalue weighted by Crippen LogP contribution is -2.39. The Morgan fingerprint density at radius 3 is 2.84 bits per heavy atom. The van der Waals surface area contributed by atoms with Crippen molar-refractivity contribution in [2.75, 3.05) is 0 Å². The number of rotatable bonds is 3. The molecule has 0 aliphatic heterocycles. The summed E-state index contributed by atoms with van der Waals surface area (Å²) in [7, 11) is -3.99. The molecule has 0 saturated heterocycles. The fraction of sp³-hybridized carbons (Fsp3) is 0.600. The molecule has 1 fully saturated rings. The third-order valence-corrected chi connectivity index (χ3v) is 7.23. The molecule has 0 spiro atoms. The Morgan fingerprint density at radius 2 is 2.12 bits per heavy atom. The van der Waals surface area contributed by atoms with E-state index in [2.05, 4.69) is 25.1 Å². The van der Waals surface area contributed by atoms with Crippen molar-refractivity contribution in [3.8, 4) is 5.75 Å². The monoisotopic (exact) mass is 361 g/mol. The molecular weight excluding hydrogens is 334 g/mol. The molecule has 1 aromatic rings. The first-order chi connectivity index (χ1) is 11.8. The first-order valence-electron chi connectivity index (χ1n) is 9.36. The van der Waals surface area contributed by atoms with Gasteiger partial charge in [-0.2, -0.15) is 13.6 Å². The average molecular weight is 362 g/mol. The van der Waals surface area contributed by atoms with E-state index in [9.17, 15) is 8.42 Å². The minimum atomic E-state index is -3.99. The Morgan fingerprint density at radius 1 is 1.32 bits per heavy atom. The second-order valence-electron chi connectivity index (χ2n) is 8.19. The molecule has 1 saturated carbocycles. The maximum atomic E-state index is 11.4. The summed E-state index contributed by atoms with van der Waals surface area (Å²) in [5.41, 5.74) is 3.98. The molecule has 4 atom stereocenters. The third kappa shape index (κ3) is 2.91. The summed E-state index contributed by atoms with van der Waals surface area (Å²) in [6, 6.07) is 4.12. The van der Waals surface area contributed by atoms with Gasteiger partial charge in [0.1, 0.15) is 5.75 Å². The highest BCUT2D eigenvalue weighted by atomic mass is 32.2. The van der Waals surface area contributed by atoms with Gasteiger partial charge in [0.2, 0.25) is 0 Å². The normalized spacial score (nSPS) is 33.5. The van der Waals surface area contributed by atoms with Crippen LogP contribution in [0.4, 0.5) is 0 Å². The van der Waals surface area contributed by atoms with Crippen molar-refractivity contribution in [2.45, 2.75) is 58.3 Å². The van der Waals surface area contributed by atoms with Crippen LogP contribution in [0.1, 0.15) is 62.1 Å². The van der Waals surface area contributed by atoms with Gasteiger partial charge in [0.15, 0.2) is 0 Å². The molecule has 0 aromatic heterocycles. The topological polar surface area (TPSA) is 69.4 Å². The first-order valence-corrected chi connectivity index (χ1v) is 10.8. The second kappa shape index (κ2) is 5.85. The number of fused-ring (bicyclic) bond motifs is 5. The molecule has 4 nitrogen and oxygen atoms in total. The van der Waals surface area contributed by atoms with E-state index >= 15 is 0 Å². The summed E-state index contributed by atoms with van der Waals surface area (Å²) in [6.07, 6.45) is 11.4. The second-order valence-corrected chi connectivity index (χ2v) is 9.34. The van der Waals surface area contributed by atoms with E-state index in [0.29, 0.717) is 17.1 Å². The van der Waals surface area contributed by atoms with E-state index < -0.39 is 10.3 Å². The number of aryl methyl sites for hydroxylation is 2. The van der Waals surface area contributed by atoms with Crippen LogP contribution in [-0.2, 0) is 23.1 Å². The van der Waals surface area contributed by atoms with Crippen molar-refractivity contribution >= 4 is 10.3 Å². The highest BCUT2D eigenvalue weighted by Gasteiger charge is 2.48. The molecule has 4 rings (SSSR count). The van der Waals surface area contributed by atoms with Gasteiger partial charge in [-0.3, -0.25) is 0 Å². The smallest absolute Gasteiger partial charge is 0.371 e. The largest absolute Gasteiger partial charge is 0.380 e. The quantitative estimate of drug-likeness (QED) is 0.831. The molecular formula is C20H27NO3S. The summed E-state index contributed by atoms with van der Waals surface area (Å²) in [5, 5.41) is 5.09. The first kappa shape index (κ1) is 17.1. The Hall–Kier alpha value is -1.33. The van der Waals surface area contributed by atoms with Gasteiger partial charge >= 0.3 is 10.3 Å². The molecule has 0 unspecified atom stereocenters. The van der Waals surface area contributed by atoms with Gasteiger partial charge in [-0.25, -0.2) is 0 Å². The molecule has 0 bridgehead atoms. The zero-order chi connectivity index (χ0) is 17.8. The Kier molecular flexibility index (Phi) is 4.00. The highest BCUT2D eigenvalue weighted by molar-refractivity contribution is 7.84. The lowest BCUT2D eigenvalue weighted by Gasteiger charge is -2.49. The van der Waals surface area contributed by atoms with Crippen LogP contribution in [-0.4, -0.2) is 8.42 Å². The van der Waals surface area contributed by atoms with Crippen LogP contribution < -0.4 is 9.32 Å². The van der Waals surface area contributed by atoms with E-state index in [1.807, 2.05) is 13.0 Å². The molecule has 3 aliphatic rings. The van der Waals surface area contributed by atoms with Crippen LogP contribution >= 0.6 is 0 Å². The van der Waals surface area contributed by atoms with Gasteiger partial charge in [-0.1, -0.05) is 32.1 Å². The third-order valence-electron chi connectivity index (χ3n) is 6.82. The number of hydrogen-bond acceptors (Lipinski definition) is 3. The van der Waals surface area contributed by atoms with Crippen LogP contribution in [0.15, 0.2) is 24.3 Å². The van der Waals surface area contributed by atoms with E-state index in [-0.39, 0.29) is 0 Å². The Labute approximate surface area is 150 Å². The van der Waals surface area contributed by atoms with Crippen LogP contribution in [0.25, 0.3) is 0 Å². The van der Waals surface area contributed by atoms with Gasteiger partial charge in [-0.05, 0) is 84.5 Å². The Balaban J connectivity index is 1.71. The summed E-state index contributed by atoms with van der Waals surface area (Å²) in [6.45, 7) is 4.45. The maximum Gasteiger partial charge on any atom is 0.380 e. The van der Waals surface area contributed by atoms with Crippen LogP contribution in [0.5, 0.6) is 5.75 Å². The minimum Gasteiger partial charge on any atom is -0.371 e. The molecule has 2 N–H and O–H groups in total. The molecule has 0 heterocycles. The zero-order valence-corrected chi connectivity index (χ0v) is 15.8. The standard InChI is InChI=1S/C20H27NO3S/c1-3-13-11-17-14(12-19(13)24-25(21,22)23)6-7-16-15(17)8-10-20(2)9-4-5-18(16)20/h4,9,11-12,15-16,18H,3,5-8,10H2,1-2H3,(H2,21,22,23)/t15-,16+,18-,20-/m0/s1. The lowest BCUT2D eigenvalue weighted by molar-refractivity contribution is 0.0826. The van der Waals surface area contributed by atoms with Crippen LogP contribution in [0.2, 0.25) is 0 Å². The highest BCUT2D eigenvalue weighted by Crippen LogP contribution is 2.58. The molecule has 0 radical (unpaired) electrons. The van der Waals surface area contributed by atoms with E-state index in [4.69, 9.17) is 9.32 Å². The zero-order valence-electron chi connectivity index (χ0n) is 15.0. The average Bonchev–Trinajstić information content (AvgIpc) is 2.94. The minimum absolute atomic E-state index is 0.378. The van der Waals surface area contributed by atoms with Crippen molar-refractivity contribution in [2.24, 2.45) is 22.4 Å². The van der Waals surface area contributed by atoms with E-state index in [1.54, 1.807) is 0 Å². The number of benzene rings is 1. The van der Waals surface area contributed by atoms with Gasteiger partial charge < -0.3 is 4.18 Å². The van der Waals surface area contributed by atoms with Gasteiger partial charge in [-0.15, -0.1) is 0 Å². The predicted molar refractivity (Wildman–Crippen MR) is 98.7 cm³/mol. The SMILES string of the molecule is CCc1cc2c(cc1OS(N)(=O)=O)CC[C@@H]1[C@@H]2CC[C@]2(C)C=CC[C@@H]12. The maximum absolute atomic E-state index is 11.4. The number of hydrogen-bond donors (Lipinski definition) is 1. The van der Waals surface area contributed by atoms with E-state index in [1.165, 1.54) is 36.8 Å². The van der Waals surface area contributed by atoms with Crippen molar-refractivity contribution in [3.05, 3.63) is 41.0 Å². The summed E-state index contributed by atoms with van der Waals surface area (Å²) in [5.74, 6) is 2.49. The van der Waals surface area contributed by atoms with Gasteiger partial charge in [0, 0.05) is 0 Å².